The van der Waals surface area contributed by atoms with Crippen molar-refractivity contribution < 1.29 is 19.1 Å². The summed E-state index contributed by atoms with van der Waals surface area (Å²) in [4.78, 5) is 23.2. The van der Waals surface area contributed by atoms with Crippen LogP contribution in [0.4, 0.5) is 0 Å². The maximum atomic E-state index is 11.9. The summed E-state index contributed by atoms with van der Waals surface area (Å²) < 4.78 is 10.3. The number of nitrogens with one attached hydrogen (secondary N) is 1. The zero-order chi connectivity index (χ0) is 13.8. The van der Waals surface area contributed by atoms with Gasteiger partial charge in [0.25, 0.3) is 5.91 Å². The monoisotopic (exact) mass is 263 g/mol. The summed E-state index contributed by atoms with van der Waals surface area (Å²) >= 11 is 0. The largest absolute Gasteiger partial charge is 0.491 e. The minimum Gasteiger partial charge on any atom is -0.491 e. The molecule has 0 saturated carbocycles. The predicted molar refractivity (Wildman–Crippen MR) is 69.0 cm³/mol. The molecule has 0 spiro atoms. The molecule has 1 heterocycles. The van der Waals surface area contributed by atoms with Crippen LogP contribution in [0.15, 0.2) is 24.3 Å². The Morgan fingerprint density at radius 1 is 1.37 bits per heavy atom. The number of cyclic esters (lactones) is 1. The molecule has 19 heavy (non-hydrogen) atoms. The summed E-state index contributed by atoms with van der Waals surface area (Å²) in [6.45, 7) is 4.24. The molecule has 1 aliphatic heterocycles. The van der Waals surface area contributed by atoms with Gasteiger partial charge in [-0.15, -0.1) is 0 Å². The zero-order valence-electron chi connectivity index (χ0n) is 11.0. The zero-order valence-corrected chi connectivity index (χ0v) is 11.0. The number of carbonyl (C=O) groups excluding carboxylic acids is 2. The van der Waals surface area contributed by atoms with Crippen LogP contribution in [-0.2, 0) is 9.53 Å². The Morgan fingerprint density at radius 2 is 2.05 bits per heavy atom. The third-order valence-corrected chi connectivity index (χ3v) is 2.73. The van der Waals surface area contributed by atoms with Crippen LogP contribution in [-0.4, -0.2) is 30.6 Å². The standard InChI is InChI=1S/C14H17NO4/c1-9(2)19-11-5-3-10(4-6-11)13(16)15-12-7-8-18-14(12)17/h3-6,9,12H,7-8H2,1-2H3,(H,15,16)/t12-/m0/s1. The number of hydrogen-bond donors (Lipinski definition) is 1. The average molecular weight is 263 g/mol. The molecule has 0 bridgehead atoms. The Morgan fingerprint density at radius 3 is 2.58 bits per heavy atom. The third-order valence-electron chi connectivity index (χ3n) is 2.73. The van der Waals surface area contributed by atoms with Gasteiger partial charge in [-0.3, -0.25) is 4.79 Å². The highest BCUT2D eigenvalue weighted by atomic mass is 16.5. The van der Waals surface area contributed by atoms with Gasteiger partial charge in [0, 0.05) is 12.0 Å². The fourth-order valence-corrected chi connectivity index (χ4v) is 1.83. The maximum Gasteiger partial charge on any atom is 0.328 e. The first-order valence-corrected chi connectivity index (χ1v) is 6.30. The van der Waals surface area contributed by atoms with Crippen molar-refractivity contribution in [2.45, 2.75) is 32.4 Å². The van der Waals surface area contributed by atoms with E-state index >= 15 is 0 Å². The second kappa shape index (κ2) is 5.73. The number of benzene rings is 1. The summed E-state index contributed by atoms with van der Waals surface area (Å²) in [6, 6.07) is 6.30. The fourth-order valence-electron chi connectivity index (χ4n) is 1.83. The summed E-state index contributed by atoms with van der Waals surface area (Å²) in [5.41, 5.74) is 0.496. The molecular weight excluding hydrogens is 246 g/mol. The number of esters is 1. The Balaban J connectivity index is 1.97. The van der Waals surface area contributed by atoms with Gasteiger partial charge < -0.3 is 14.8 Å². The Hall–Kier alpha value is -2.04. The lowest BCUT2D eigenvalue weighted by Gasteiger charge is -2.11. The van der Waals surface area contributed by atoms with Crippen LogP contribution >= 0.6 is 0 Å². The van der Waals surface area contributed by atoms with Gasteiger partial charge in [-0.1, -0.05) is 0 Å². The van der Waals surface area contributed by atoms with Crippen molar-refractivity contribution in [3.05, 3.63) is 29.8 Å². The minimum atomic E-state index is -0.529. The molecule has 1 aromatic rings. The second-order valence-electron chi connectivity index (χ2n) is 4.67. The SMILES string of the molecule is CC(C)Oc1ccc(C(=O)N[C@H]2CCOC2=O)cc1. The maximum absolute atomic E-state index is 11.9. The molecule has 1 fully saturated rings. The molecule has 5 nitrogen and oxygen atoms in total. The predicted octanol–water partition coefficient (Wildman–Crippen LogP) is 1.52. The van der Waals surface area contributed by atoms with Gasteiger partial charge in [-0.25, -0.2) is 4.79 Å². The van der Waals surface area contributed by atoms with Crippen molar-refractivity contribution in [3.63, 3.8) is 0 Å². The number of hydrogen-bond acceptors (Lipinski definition) is 4. The fraction of sp³-hybridized carbons (Fsp3) is 0.429. The molecule has 0 aromatic heterocycles. The van der Waals surface area contributed by atoms with Gasteiger partial charge in [0.05, 0.1) is 12.7 Å². The molecule has 1 atom stereocenters. The first kappa shape index (κ1) is 13.4. The third kappa shape index (κ3) is 3.47. The molecule has 0 unspecified atom stereocenters. The smallest absolute Gasteiger partial charge is 0.328 e. The van der Waals surface area contributed by atoms with Crippen LogP contribution in [0.1, 0.15) is 30.6 Å². The average Bonchev–Trinajstić information content (AvgIpc) is 2.75. The number of ether oxygens (including phenoxy) is 2. The topological polar surface area (TPSA) is 64.6 Å². The van der Waals surface area contributed by atoms with E-state index in [0.29, 0.717) is 24.3 Å². The first-order chi connectivity index (χ1) is 9.06. The molecule has 1 aliphatic rings. The van der Waals surface area contributed by atoms with Gasteiger partial charge in [0.15, 0.2) is 0 Å². The van der Waals surface area contributed by atoms with Crippen molar-refractivity contribution in [1.82, 2.24) is 5.32 Å². The highest BCUT2D eigenvalue weighted by Crippen LogP contribution is 2.14. The van der Waals surface area contributed by atoms with Crippen molar-refractivity contribution >= 4 is 11.9 Å². The summed E-state index contributed by atoms with van der Waals surface area (Å²) in [5.74, 6) is 0.0693. The van der Waals surface area contributed by atoms with Gasteiger partial charge in [0.1, 0.15) is 11.8 Å². The van der Waals surface area contributed by atoms with E-state index in [-0.39, 0.29) is 18.0 Å². The van der Waals surface area contributed by atoms with Gasteiger partial charge in [0.2, 0.25) is 0 Å². The van der Waals surface area contributed by atoms with E-state index in [1.807, 2.05) is 13.8 Å². The van der Waals surface area contributed by atoms with E-state index in [9.17, 15) is 9.59 Å². The quantitative estimate of drug-likeness (QED) is 0.836. The molecule has 1 aromatic carbocycles. The number of carbonyl (C=O) groups is 2. The summed E-state index contributed by atoms with van der Waals surface area (Å²) in [6.07, 6.45) is 0.618. The van der Waals surface area contributed by atoms with Crippen molar-refractivity contribution in [2.24, 2.45) is 0 Å². The van der Waals surface area contributed by atoms with Gasteiger partial charge in [-0.05, 0) is 38.1 Å². The van der Waals surface area contributed by atoms with Crippen LogP contribution in [0.2, 0.25) is 0 Å². The summed E-state index contributed by atoms with van der Waals surface area (Å²) in [5, 5.41) is 2.65. The van der Waals surface area contributed by atoms with E-state index in [1.54, 1.807) is 24.3 Å². The van der Waals surface area contributed by atoms with E-state index in [0.717, 1.165) is 0 Å². The molecule has 0 radical (unpaired) electrons. The van der Waals surface area contributed by atoms with Crippen LogP contribution in [0.5, 0.6) is 5.75 Å². The normalized spacial score (nSPS) is 18.3. The Labute approximate surface area is 111 Å². The van der Waals surface area contributed by atoms with E-state index < -0.39 is 6.04 Å². The number of rotatable bonds is 4. The van der Waals surface area contributed by atoms with Crippen molar-refractivity contribution in [2.75, 3.05) is 6.61 Å². The molecular formula is C14H17NO4. The van der Waals surface area contributed by atoms with Crippen LogP contribution < -0.4 is 10.1 Å². The lowest BCUT2D eigenvalue weighted by atomic mass is 10.1. The van der Waals surface area contributed by atoms with Crippen LogP contribution in [0.25, 0.3) is 0 Å². The Bertz CT molecular complexity index is 467. The van der Waals surface area contributed by atoms with Crippen LogP contribution in [0, 0.1) is 0 Å². The Kier molecular flexibility index (Phi) is 4.04. The number of amides is 1. The second-order valence-corrected chi connectivity index (χ2v) is 4.67. The van der Waals surface area contributed by atoms with E-state index in [4.69, 9.17) is 9.47 Å². The molecule has 102 valence electrons. The minimum absolute atomic E-state index is 0.0907. The van der Waals surface area contributed by atoms with Crippen molar-refractivity contribution in [1.29, 1.82) is 0 Å². The summed E-state index contributed by atoms with van der Waals surface area (Å²) in [7, 11) is 0. The molecule has 0 aliphatic carbocycles. The van der Waals surface area contributed by atoms with Gasteiger partial charge >= 0.3 is 5.97 Å². The van der Waals surface area contributed by atoms with Crippen LogP contribution in [0.3, 0.4) is 0 Å². The molecule has 2 rings (SSSR count). The lowest BCUT2D eigenvalue weighted by Crippen LogP contribution is -2.37. The van der Waals surface area contributed by atoms with Gasteiger partial charge in [-0.2, -0.15) is 0 Å². The van der Waals surface area contributed by atoms with E-state index in [1.165, 1.54) is 0 Å². The molecule has 1 amide bonds. The highest BCUT2D eigenvalue weighted by molar-refractivity contribution is 5.97. The molecule has 1 saturated heterocycles. The molecule has 5 heteroatoms. The molecule has 1 N–H and O–H groups in total. The first-order valence-electron chi connectivity index (χ1n) is 6.30. The highest BCUT2D eigenvalue weighted by Gasteiger charge is 2.28. The lowest BCUT2D eigenvalue weighted by molar-refractivity contribution is -0.139. The van der Waals surface area contributed by atoms with E-state index in [2.05, 4.69) is 5.32 Å². The van der Waals surface area contributed by atoms with Crippen molar-refractivity contribution in [3.8, 4) is 5.75 Å².